The summed E-state index contributed by atoms with van der Waals surface area (Å²) in [6.45, 7) is 13.1. The second-order valence-electron chi connectivity index (χ2n) is 9.92. The quantitative estimate of drug-likeness (QED) is 0.553. The summed E-state index contributed by atoms with van der Waals surface area (Å²) in [6, 6.07) is 0. The van der Waals surface area contributed by atoms with Gasteiger partial charge >= 0.3 is 0 Å². The first-order chi connectivity index (χ1) is 14.8. The monoisotopic (exact) mass is 469 g/mol. The van der Waals surface area contributed by atoms with Gasteiger partial charge in [-0.15, -0.1) is 0 Å². The molecule has 4 atom stereocenters. The van der Waals surface area contributed by atoms with Gasteiger partial charge in [0.1, 0.15) is 12.2 Å². The molecule has 0 aromatic carbocycles. The molecule has 1 fully saturated rings. The molecular weight excluding hydrogens is 437 g/mol. The van der Waals surface area contributed by atoms with Crippen LogP contribution in [0.25, 0.3) is 11.2 Å². The van der Waals surface area contributed by atoms with Gasteiger partial charge in [-0.05, 0) is 18.1 Å². The van der Waals surface area contributed by atoms with Gasteiger partial charge in [-0.2, -0.15) is 4.98 Å². The summed E-state index contributed by atoms with van der Waals surface area (Å²) >= 11 is 0. The van der Waals surface area contributed by atoms with E-state index in [0.29, 0.717) is 0 Å². The second kappa shape index (κ2) is 8.65. The molecule has 0 aliphatic carbocycles. The lowest BCUT2D eigenvalue weighted by molar-refractivity contribution is -0.118. The number of aromatic amines is 1. The summed E-state index contributed by atoms with van der Waals surface area (Å²) in [5, 5.41) is 12.2. The van der Waals surface area contributed by atoms with Crippen molar-refractivity contribution in [1.82, 2.24) is 19.5 Å². The summed E-state index contributed by atoms with van der Waals surface area (Å²) in [5.74, 6) is -0.723. The molecule has 0 unspecified atom stereocenters. The Morgan fingerprint density at radius 1 is 1.44 bits per heavy atom. The topological polar surface area (TPSA) is 131 Å². The standard InChI is InChI=1S/C20H32FN5O5Si/c1-10(2)16(28)24-19-23-15-13(17(29)25-19)22-9-26(15)18-12(21)14(11(8-27)30-18)31-32(6,7)20(3,4)5/h9-12,14,18,27H,8H2,1-7H3,(H2,23,24,25,28,29)/t11-,12-,14-,18-/m1/s1. The van der Waals surface area contributed by atoms with Crippen LogP contribution < -0.4 is 10.9 Å². The summed E-state index contributed by atoms with van der Waals surface area (Å²) in [6.07, 6.45) is -3.43. The van der Waals surface area contributed by atoms with Crippen LogP contribution in [0.1, 0.15) is 40.8 Å². The maximum absolute atomic E-state index is 15.6. The number of hydrogen-bond acceptors (Lipinski definition) is 7. The van der Waals surface area contributed by atoms with Crippen molar-refractivity contribution in [2.45, 2.75) is 77.4 Å². The third-order valence-electron chi connectivity index (χ3n) is 6.16. The lowest BCUT2D eigenvalue weighted by Gasteiger charge is -2.39. The third kappa shape index (κ3) is 4.49. The first-order valence-corrected chi connectivity index (χ1v) is 13.5. The van der Waals surface area contributed by atoms with E-state index in [1.807, 2.05) is 33.9 Å². The predicted octanol–water partition coefficient (Wildman–Crippen LogP) is 2.33. The predicted molar refractivity (Wildman–Crippen MR) is 120 cm³/mol. The number of rotatable bonds is 6. The smallest absolute Gasteiger partial charge is 0.280 e. The Morgan fingerprint density at radius 3 is 2.66 bits per heavy atom. The number of ether oxygens (including phenoxy) is 1. The van der Waals surface area contributed by atoms with Gasteiger partial charge in [0.05, 0.1) is 12.9 Å². The zero-order valence-electron chi connectivity index (χ0n) is 19.5. The number of nitrogens with one attached hydrogen (secondary N) is 2. The van der Waals surface area contributed by atoms with E-state index >= 15 is 4.39 Å². The first kappa shape index (κ1) is 24.5. The van der Waals surface area contributed by atoms with Crippen LogP contribution in [0, 0.1) is 5.92 Å². The van der Waals surface area contributed by atoms with Crippen molar-refractivity contribution in [3.8, 4) is 0 Å². The highest BCUT2D eigenvalue weighted by Gasteiger charge is 2.51. The van der Waals surface area contributed by atoms with E-state index in [9.17, 15) is 14.7 Å². The first-order valence-electron chi connectivity index (χ1n) is 10.6. The number of amides is 1. The van der Waals surface area contributed by atoms with Crippen LogP contribution in [0.5, 0.6) is 0 Å². The van der Waals surface area contributed by atoms with Crippen molar-refractivity contribution in [3.63, 3.8) is 0 Å². The Morgan fingerprint density at radius 2 is 2.09 bits per heavy atom. The molecular formula is C20H32FN5O5Si. The number of nitrogens with zero attached hydrogens (tertiary/aromatic N) is 3. The van der Waals surface area contributed by atoms with Crippen LogP contribution in [0.2, 0.25) is 18.1 Å². The number of aliphatic hydroxyl groups excluding tert-OH is 1. The average Bonchev–Trinajstić information content (AvgIpc) is 3.22. The molecule has 12 heteroatoms. The number of halogens is 1. The zero-order valence-corrected chi connectivity index (χ0v) is 20.5. The van der Waals surface area contributed by atoms with Gasteiger partial charge in [0.15, 0.2) is 31.9 Å². The van der Waals surface area contributed by atoms with Crippen molar-refractivity contribution < 1.29 is 23.5 Å². The Hall–Kier alpha value is -2.15. The van der Waals surface area contributed by atoms with Gasteiger partial charge in [0, 0.05) is 5.92 Å². The fourth-order valence-corrected chi connectivity index (χ4v) is 4.47. The number of hydrogen-bond donors (Lipinski definition) is 3. The highest BCUT2D eigenvalue weighted by molar-refractivity contribution is 6.74. The normalized spacial score (nSPS) is 24.4. The van der Waals surface area contributed by atoms with E-state index in [-0.39, 0.29) is 34.0 Å². The maximum Gasteiger partial charge on any atom is 0.280 e. The molecule has 2 aromatic heterocycles. The number of H-pyrrole nitrogens is 1. The number of carbonyl (C=O) groups is 1. The molecule has 1 aliphatic rings. The fourth-order valence-electron chi connectivity index (χ4n) is 3.16. The molecule has 3 rings (SSSR count). The van der Waals surface area contributed by atoms with Crippen LogP contribution in [0.3, 0.4) is 0 Å². The minimum atomic E-state index is -2.36. The van der Waals surface area contributed by atoms with Gasteiger partial charge in [-0.1, -0.05) is 34.6 Å². The molecule has 0 saturated carbocycles. The largest absolute Gasteiger partial charge is 0.408 e. The lowest BCUT2D eigenvalue weighted by Crippen LogP contribution is -2.49. The van der Waals surface area contributed by atoms with E-state index in [1.165, 1.54) is 10.9 Å². The number of imidazole rings is 1. The number of aromatic nitrogens is 4. The Bertz CT molecular complexity index is 1050. The molecule has 178 valence electrons. The Labute approximate surface area is 186 Å². The van der Waals surface area contributed by atoms with E-state index in [1.54, 1.807) is 13.8 Å². The number of anilines is 1. The van der Waals surface area contributed by atoms with Crippen LogP contribution >= 0.6 is 0 Å². The second-order valence-corrected chi connectivity index (χ2v) is 14.7. The minimum absolute atomic E-state index is 0.0161. The van der Waals surface area contributed by atoms with E-state index in [0.717, 1.165) is 0 Å². The highest BCUT2D eigenvalue weighted by Crippen LogP contribution is 2.42. The van der Waals surface area contributed by atoms with Crippen LogP contribution in [0.4, 0.5) is 10.3 Å². The summed E-state index contributed by atoms with van der Waals surface area (Å²) in [7, 11) is -2.36. The van der Waals surface area contributed by atoms with Gasteiger partial charge in [-0.3, -0.25) is 24.5 Å². The number of alkyl halides is 1. The summed E-state index contributed by atoms with van der Waals surface area (Å²) < 4.78 is 29.0. The summed E-state index contributed by atoms with van der Waals surface area (Å²) in [4.78, 5) is 35.2. The molecule has 1 amide bonds. The number of carbonyl (C=O) groups excluding carboxylic acids is 1. The fraction of sp³-hybridized carbons (Fsp3) is 0.700. The van der Waals surface area contributed by atoms with Crippen LogP contribution in [-0.4, -0.2) is 63.8 Å². The van der Waals surface area contributed by atoms with Gasteiger partial charge in [0.25, 0.3) is 5.56 Å². The molecule has 1 saturated heterocycles. The Balaban J connectivity index is 1.97. The Kier molecular flexibility index (Phi) is 6.62. The van der Waals surface area contributed by atoms with Crippen molar-refractivity contribution >= 4 is 31.3 Å². The molecule has 0 radical (unpaired) electrons. The van der Waals surface area contributed by atoms with Gasteiger partial charge in [0.2, 0.25) is 11.9 Å². The zero-order chi connectivity index (χ0) is 24.0. The molecule has 1 aliphatic heterocycles. The molecule has 0 bridgehead atoms. The number of aliphatic hydroxyl groups is 1. The van der Waals surface area contributed by atoms with Crippen molar-refractivity contribution in [1.29, 1.82) is 0 Å². The van der Waals surface area contributed by atoms with Gasteiger partial charge in [-0.25, -0.2) is 9.37 Å². The molecule has 3 N–H and O–H groups in total. The van der Waals surface area contributed by atoms with Crippen molar-refractivity contribution in [2.24, 2.45) is 5.92 Å². The molecule has 3 heterocycles. The SMILES string of the molecule is CC(C)C(=O)Nc1nc2c(ncn2[C@@H]2O[C@H](CO)[C@@H](O[Si](C)(C)C(C)(C)C)[C@H]2F)c(=O)[nH]1. The molecule has 0 spiro atoms. The van der Waals surface area contributed by atoms with Crippen LogP contribution in [-0.2, 0) is 14.0 Å². The molecule has 10 nitrogen and oxygen atoms in total. The minimum Gasteiger partial charge on any atom is -0.408 e. The average molecular weight is 470 g/mol. The highest BCUT2D eigenvalue weighted by atomic mass is 28.4. The van der Waals surface area contributed by atoms with E-state index in [4.69, 9.17) is 9.16 Å². The maximum atomic E-state index is 15.6. The molecule has 32 heavy (non-hydrogen) atoms. The lowest BCUT2D eigenvalue weighted by atomic mass is 10.1. The van der Waals surface area contributed by atoms with Crippen molar-refractivity contribution in [2.75, 3.05) is 11.9 Å². The van der Waals surface area contributed by atoms with E-state index in [2.05, 4.69) is 20.3 Å². The third-order valence-corrected chi connectivity index (χ3v) is 10.6. The number of fused-ring (bicyclic) bond motifs is 1. The van der Waals surface area contributed by atoms with Gasteiger partial charge < -0.3 is 14.3 Å². The summed E-state index contributed by atoms with van der Waals surface area (Å²) in [5.41, 5.74) is -0.531. The van der Waals surface area contributed by atoms with Crippen molar-refractivity contribution in [3.05, 3.63) is 16.7 Å². The molecule has 2 aromatic rings. The van der Waals surface area contributed by atoms with Crippen LogP contribution in [0.15, 0.2) is 11.1 Å². The van der Waals surface area contributed by atoms with E-state index < -0.39 is 45.1 Å².